The van der Waals surface area contributed by atoms with Gasteiger partial charge in [0.05, 0.1) is 10.1 Å². The average molecular weight is 167 g/mol. The van der Waals surface area contributed by atoms with Gasteiger partial charge in [-0.05, 0) is 12.1 Å². The Bertz CT molecular complexity index is 324. The highest BCUT2D eigenvalue weighted by Gasteiger charge is 2.03. The van der Waals surface area contributed by atoms with Gasteiger partial charge in [0.15, 0.2) is 11.0 Å². The Morgan fingerprint density at radius 3 is 2.67 bits per heavy atom. The van der Waals surface area contributed by atoms with Crippen molar-refractivity contribution in [1.29, 1.82) is 0 Å². The van der Waals surface area contributed by atoms with Crippen LogP contribution in [0.2, 0.25) is 0 Å². The van der Waals surface area contributed by atoms with Gasteiger partial charge in [0.1, 0.15) is 0 Å². The number of phenolic OH excluding ortho intramolecular Hbond substituents is 1. The lowest BCUT2D eigenvalue weighted by Crippen LogP contribution is -1.80. The van der Waals surface area contributed by atoms with Crippen LogP contribution in [0.1, 0.15) is 0 Å². The molecular weight excluding hydrogens is 162 g/mol. The maximum absolute atomic E-state index is 9.75. The van der Waals surface area contributed by atoms with Crippen molar-refractivity contribution in [2.75, 3.05) is 0 Å². The minimum absolute atomic E-state index is 0.0780. The van der Waals surface area contributed by atoms with E-state index in [0.717, 1.165) is 0 Å². The van der Waals surface area contributed by atoms with Gasteiger partial charge in [-0.3, -0.25) is 0 Å². The monoisotopic (exact) mass is 167 g/mol. The quantitative estimate of drug-likeness (QED) is 0.412. The van der Waals surface area contributed by atoms with E-state index in [1.54, 1.807) is 12.1 Å². The lowest BCUT2D eigenvalue weighted by Gasteiger charge is -1.87. The van der Waals surface area contributed by atoms with Crippen molar-refractivity contribution in [3.63, 3.8) is 0 Å². The van der Waals surface area contributed by atoms with Gasteiger partial charge < -0.3 is 15.2 Å². The molecule has 0 bridgehead atoms. The van der Waals surface area contributed by atoms with Gasteiger partial charge in [0.25, 0.3) is 0 Å². The normalized spacial score (nSPS) is 10.3. The molecule has 6 nitrogen and oxygen atoms in total. The van der Waals surface area contributed by atoms with E-state index in [2.05, 4.69) is 10.3 Å². The molecule has 0 aliphatic rings. The Balaban J connectivity index is 2.89. The van der Waals surface area contributed by atoms with Crippen molar-refractivity contribution in [3.8, 4) is 5.75 Å². The summed E-state index contributed by atoms with van der Waals surface area (Å²) in [6.45, 7) is 0. The maximum atomic E-state index is 9.75. The molecule has 0 aliphatic carbocycles. The second-order valence-electron chi connectivity index (χ2n) is 1.92. The van der Waals surface area contributed by atoms with E-state index in [0.29, 0.717) is 0 Å². The third kappa shape index (κ3) is 2.01. The molecule has 1 aromatic rings. The number of phenols is 1. The van der Waals surface area contributed by atoms with Crippen molar-refractivity contribution >= 4 is 5.69 Å². The molecule has 1 N–H and O–H groups in total. The molecule has 0 spiro atoms. The number of aromatic hydroxyl groups is 1. The average Bonchev–Trinajstić information content (AvgIpc) is 2.03. The van der Waals surface area contributed by atoms with E-state index in [4.69, 9.17) is 5.11 Å². The van der Waals surface area contributed by atoms with Crippen molar-refractivity contribution in [3.05, 3.63) is 34.4 Å². The molecule has 12 heavy (non-hydrogen) atoms. The fourth-order valence-corrected chi connectivity index (χ4v) is 0.633. The van der Waals surface area contributed by atoms with Gasteiger partial charge in [-0.15, -0.1) is 0 Å². The van der Waals surface area contributed by atoms with Crippen molar-refractivity contribution < 1.29 is 10.1 Å². The van der Waals surface area contributed by atoms with Gasteiger partial charge in [-0.2, -0.15) is 0 Å². The number of nitrogens with zero attached hydrogens (tertiary/aromatic N) is 3. The molecule has 0 aliphatic heterocycles. The summed E-state index contributed by atoms with van der Waals surface area (Å²) in [6.07, 6.45) is 0. The summed E-state index contributed by atoms with van der Waals surface area (Å²) in [5, 5.41) is 23.7. The smallest absolute Gasteiger partial charge is 0.244 e. The summed E-state index contributed by atoms with van der Waals surface area (Å²) in [6, 6.07) is 5.96. The predicted molar refractivity (Wildman–Crippen MR) is 39.6 cm³/mol. The molecule has 0 saturated heterocycles. The highest BCUT2D eigenvalue weighted by molar-refractivity contribution is 5.49. The molecule has 0 saturated carbocycles. The standard InChI is InChI=1S/C6H5N3O3/c10-6-4-2-1-3-5(6)7-8-9(11)12/h1-4,10H. The summed E-state index contributed by atoms with van der Waals surface area (Å²) in [5.41, 5.74) is 0.0780. The fourth-order valence-electron chi connectivity index (χ4n) is 0.633. The van der Waals surface area contributed by atoms with E-state index in [9.17, 15) is 10.1 Å². The molecule has 1 aromatic carbocycles. The molecule has 6 heteroatoms. The lowest BCUT2D eigenvalue weighted by molar-refractivity contribution is -0.493. The van der Waals surface area contributed by atoms with Gasteiger partial charge in [0.2, 0.25) is 5.69 Å². The zero-order valence-electron chi connectivity index (χ0n) is 5.91. The van der Waals surface area contributed by atoms with E-state index in [1.807, 2.05) is 0 Å². The zero-order valence-corrected chi connectivity index (χ0v) is 5.91. The number of rotatable bonds is 2. The van der Waals surface area contributed by atoms with E-state index in [-0.39, 0.29) is 11.4 Å². The molecule has 0 atom stereocenters. The molecular formula is C6H5N3O3. The first kappa shape index (κ1) is 8.12. The van der Waals surface area contributed by atoms with Crippen LogP contribution in [0.15, 0.2) is 34.6 Å². The first-order chi connectivity index (χ1) is 5.70. The molecule has 0 radical (unpaired) electrons. The second-order valence-corrected chi connectivity index (χ2v) is 1.92. The van der Waals surface area contributed by atoms with Gasteiger partial charge in [-0.1, -0.05) is 12.1 Å². The van der Waals surface area contributed by atoms with Gasteiger partial charge in [0, 0.05) is 0 Å². The minimum Gasteiger partial charge on any atom is -0.504 e. The van der Waals surface area contributed by atoms with Crippen LogP contribution in [0.3, 0.4) is 0 Å². The summed E-state index contributed by atoms with van der Waals surface area (Å²) in [4.78, 5) is 9.75. The molecule has 1 rings (SSSR count). The van der Waals surface area contributed by atoms with Crippen LogP contribution < -0.4 is 0 Å². The van der Waals surface area contributed by atoms with Gasteiger partial charge >= 0.3 is 0 Å². The second kappa shape index (κ2) is 3.42. The van der Waals surface area contributed by atoms with Crippen LogP contribution >= 0.6 is 0 Å². The third-order valence-electron chi connectivity index (χ3n) is 1.11. The largest absolute Gasteiger partial charge is 0.504 e. The van der Waals surface area contributed by atoms with Crippen LogP contribution in [0, 0.1) is 10.1 Å². The molecule has 62 valence electrons. The van der Waals surface area contributed by atoms with Gasteiger partial charge in [-0.25, -0.2) is 0 Å². The van der Waals surface area contributed by atoms with E-state index >= 15 is 0 Å². The molecule has 0 amide bonds. The highest BCUT2D eigenvalue weighted by Crippen LogP contribution is 2.24. The first-order valence-corrected chi connectivity index (χ1v) is 3.04. The Morgan fingerprint density at radius 2 is 2.08 bits per heavy atom. The van der Waals surface area contributed by atoms with Crippen LogP contribution in [-0.4, -0.2) is 10.1 Å². The summed E-state index contributed by atoms with van der Waals surface area (Å²) in [7, 11) is 0. The Kier molecular flexibility index (Phi) is 2.32. The van der Waals surface area contributed by atoms with Crippen molar-refractivity contribution in [1.82, 2.24) is 0 Å². The fraction of sp³-hybridized carbons (Fsp3) is 0. The highest BCUT2D eigenvalue weighted by atomic mass is 16.7. The number of para-hydroxylation sites is 1. The topological polar surface area (TPSA) is 88.1 Å². The zero-order chi connectivity index (χ0) is 8.97. The van der Waals surface area contributed by atoms with Crippen molar-refractivity contribution in [2.24, 2.45) is 10.3 Å². The number of benzene rings is 1. The van der Waals surface area contributed by atoms with E-state index in [1.165, 1.54) is 12.1 Å². The number of hydrogen-bond acceptors (Lipinski definition) is 4. The predicted octanol–water partition coefficient (Wildman–Crippen LogP) is 1.67. The van der Waals surface area contributed by atoms with Crippen LogP contribution in [-0.2, 0) is 0 Å². The Hall–Kier alpha value is -1.98. The summed E-state index contributed by atoms with van der Waals surface area (Å²) < 4.78 is 0. The lowest BCUT2D eigenvalue weighted by atomic mass is 10.3. The Labute approximate surface area is 67.3 Å². The minimum atomic E-state index is -0.938. The van der Waals surface area contributed by atoms with Crippen LogP contribution in [0.4, 0.5) is 5.69 Å². The van der Waals surface area contributed by atoms with Crippen LogP contribution in [0.5, 0.6) is 5.75 Å². The summed E-state index contributed by atoms with van der Waals surface area (Å²) >= 11 is 0. The number of hydrogen-bond donors (Lipinski definition) is 1. The SMILES string of the molecule is O=[N+]([O-])N=Nc1ccccc1O. The molecule has 0 unspecified atom stereocenters. The molecule has 0 aromatic heterocycles. The maximum Gasteiger partial charge on any atom is 0.244 e. The van der Waals surface area contributed by atoms with Crippen molar-refractivity contribution in [2.45, 2.75) is 0 Å². The first-order valence-electron chi connectivity index (χ1n) is 3.04. The molecule has 0 fully saturated rings. The Morgan fingerprint density at radius 1 is 1.42 bits per heavy atom. The van der Waals surface area contributed by atoms with E-state index < -0.39 is 5.03 Å². The van der Waals surface area contributed by atoms with Crippen LogP contribution in [0.25, 0.3) is 0 Å². The number of nitro groups is 1. The summed E-state index contributed by atoms with van der Waals surface area (Å²) in [5.74, 6) is -0.136. The molecule has 0 heterocycles. The third-order valence-corrected chi connectivity index (χ3v) is 1.11.